The third kappa shape index (κ3) is 3.34. The zero-order chi connectivity index (χ0) is 14.8. The average molecular weight is 274 g/mol. The minimum atomic E-state index is -0.365. The maximum Gasteiger partial charge on any atom is 0.291 e. The maximum absolute atomic E-state index is 11.8. The van der Waals surface area contributed by atoms with E-state index in [0.29, 0.717) is 11.5 Å². The molecule has 0 radical (unpaired) electrons. The normalized spacial score (nSPS) is 12.0. The molecule has 0 atom stereocenters. The second-order valence-corrected chi connectivity index (χ2v) is 5.56. The minimum Gasteiger partial charge on any atom is -0.460 e. The second kappa shape index (κ2) is 5.32. The van der Waals surface area contributed by atoms with E-state index in [1.54, 1.807) is 12.1 Å². The van der Waals surface area contributed by atoms with Crippen LogP contribution in [0.4, 0.5) is 0 Å². The van der Waals surface area contributed by atoms with Crippen molar-refractivity contribution in [3.8, 4) is 0 Å². The molecular formula is C14H18N4O2. The average Bonchev–Trinajstić information content (AvgIpc) is 2.97. The Morgan fingerprint density at radius 2 is 2.20 bits per heavy atom. The Bertz CT molecular complexity index is 632. The minimum absolute atomic E-state index is 0.0828. The Hall–Kier alpha value is -2.37. The van der Waals surface area contributed by atoms with Gasteiger partial charge in [-0.15, -0.1) is 0 Å². The molecule has 0 bridgehead atoms. The molecule has 0 saturated carbocycles. The van der Waals surface area contributed by atoms with Gasteiger partial charge >= 0.3 is 0 Å². The van der Waals surface area contributed by atoms with Crippen LogP contribution in [0.1, 0.15) is 48.5 Å². The summed E-state index contributed by atoms with van der Waals surface area (Å²) in [5.41, 5.74) is 3.53. The Kier molecular flexibility index (Phi) is 3.74. The number of aromatic amines is 1. The van der Waals surface area contributed by atoms with Gasteiger partial charge in [0, 0.05) is 11.1 Å². The summed E-state index contributed by atoms with van der Waals surface area (Å²) in [6.07, 6.45) is 1.45. The van der Waals surface area contributed by atoms with Gasteiger partial charge in [-0.2, -0.15) is 10.2 Å². The Balaban J connectivity index is 1.98. The number of hydrogen-bond donors (Lipinski definition) is 2. The van der Waals surface area contributed by atoms with Gasteiger partial charge in [0.05, 0.1) is 6.21 Å². The summed E-state index contributed by atoms with van der Waals surface area (Å²) < 4.78 is 5.30. The van der Waals surface area contributed by atoms with Crippen LogP contribution in [0.5, 0.6) is 0 Å². The van der Waals surface area contributed by atoms with Crippen molar-refractivity contribution in [2.24, 2.45) is 5.10 Å². The molecule has 2 rings (SSSR count). The van der Waals surface area contributed by atoms with Gasteiger partial charge < -0.3 is 4.42 Å². The van der Waals surface area contributed by atoms with Crippen molar-refractivity contribution in [2.45, 2.75) is 33.1 Å². The molecule has 0 spiro atoms. The summed E-state index contributed by atoms with van der Waals surface area (Å²) in [4.78, 5) is 11.8. The van der Waals surface area contributed by atoms with Gasteiger partial charge in [0.25, 0.3) is 5.91 Å². The van der Waals surface area contributed by atoms with Gasteiger partial charge in [-0.1, -0.05) is 20.8 Å². The first-order chi connectivity index (χ1) is 9.36. The molecule has 2 heterocycles. The number of aryl methyl sites for hydroxylation is 1. The fourth-order valence-corrected chi connectivity index (χ4v) is 1.56. The molecule has 0 aromatic carbocycles. The van der Waals surface area contributed by atoms with E-state index >= 15 is 0 Å². The highest BCUT2D eigenvalue weighted by molar-refractivity contribution is 5.93. The Morgan fingerprint density at radius 1 is 1.45 bits per heavy atom. The standard InChI is InChI=1S/C14H18N4O2/c1-9-5-6-10(20-9)8-15-18-13(19)11-7-12(17-16-11)14(2,3)4/h5-8H,1-4H3,(H,16,17)(H,18,19). The number of nitrogens with one attached hydrogen (secondary N) is 2. The van der Waals surface area contributed by atoms with Crippen molar-refractivity contribution in [1.82, 2.24) is 15.6 Å². The third-order valence-corrected chi connectivity index (χ3v) is 2.74. The van der Waals surface area contributed by atoms with Crippen LogP contribution >= 0.6 is 0 Å². The number of carbonyl (C=O) groups excluding carboxylic acids is 1. The number of aromatic nitrogens is 2. The third-order valence-electron chi connectivity index (χ3n) is 2.74. The number of furan rings is 1. The van der Waals surface area contributed by atoms with E-state index in [-0.39, 0.29) is 11.3 Å². The molecule has 106 valence electrons. The first-order valence-electron chi connectivity index (χ1n) is 6.32. The summed E-state index contributed by atoms with van der Waals surface area (Å²) >= 11 is 0. The number of carbonyl (C=O) groups is 1. The summed E-state index contributed by atoms with van der Waals surface area (Å²) in [6.45, 7) is 7.96. The topological polar surface area (TPSA) is 83.3 Å². The molecule has 2 N–H and O–H groups in total. The number of nitrogens with zero attached hydrogens (tertiary/aromatic N) is 2. The van der Waals surface area contributed by atoms with E-state index in [1.807, 2.05) is 33.8 Å². The summed E-state index contributed by atoms with van der Waals surface area (Å²) in [5, 5.41) is 10.7. The summed E-state index contributed by atoms with van der Waals surface area (Å²) in [7, 11) is 0. The van der Waals surface area contributed by atoms with Gasteiger partial charge in [0.2, 0.25) is 0 Å². The molecule has 0 aliphatic heterocycles. The first kappa shape index (κ1) is 14.0. The van der Waals surface area contributed by atoms with E-state index in [2.05, 4.69) is 20.7 Å². The van der Waals surface area contributed by atoms with Gasteiger partial charge in [-0.05, 0) is 25.1 Å². The highest BCUT2D eigenvalue weighted by atomic mass is 16.3. The van der Waals surface area contributed by atoms with E-state index in [4.69, 9.17) is 4.42 Å². The zero-order valence-corrected chi connectivity index (χ0v) is 12.0. The molecule has 2 aromatic rings. The van der Waals surface area contributed by atoms with E-state index in [1.165, 1.54) is 6.21 Å². The molecular weight excluding hydrogens is 256 g/mol. The van der Waals surface area contributed by atoms with Crippen LogP contribution in [-0.4, -0.2) is 22.3 Å². The summed E-state index contributed by atoms with van der Waals surface area (Å²) in [5.74, 6) is 1.01. The number of amides is 1. The fraction of sp³-hybridized carbons (Fsp3) is 0.357. The lowest BCUT2D eigenvalue weighted by atomic mass is 9.92. The van der Waals surface area contributed by atoms with Crippen molar-refractivity contribution in [3.63, 3.8) is 0 Å². The number of rotatable bonds is 3. The van der Waals surface area contributed by atoms with Crippen molar-refractivity contribution < 1.29 is 9.21 Å². The van der Waals surface area contributed by atoms with Gasteiger partial charge in [0.1, 0.15) is 11.5 Å². The van der Waals surface area contributed by atoms with Crippen LogP contribution in [0.2, 0.25) is 0 Å². The van der Waals surface area contributed by atoms with Gasteiger partial charge in [-0.25, -0.2) is 5.43 Å². The summed E-state index contributed by atoms with van der Waals surface area (Å²) in [6, 6.07) is 5.33. The molecule has 0 aliphatic carbocycles. The van der Waals surface area contributed by atoms with Crippen LogP contribution in [-0.2, 0) is 5.41 Å². The van der Waals surface area contributed by atoms with Crippen LogP contribution in [0.3, 0.4) is 0 Å². The van der Waals surface area contributed by atoms with E-state index in [9.17, 15) is 4.79 Å². The molecule has 1 amide bonds. The van der Waals surface area contributed by atoms with Crippen LogP contribution in [0, 0.1) is 6.92 Å². The molecule has 20 heavy (non-hydrogen) atoms. The quantitative estimate of drug-likeness (QED) is 0.665. The zero-order valence-electron chi connectivity index (χ0n) is 12.0. The van der Waals surface area contributed by atoms with E-state index < -0.39 is 0 Å². The molecule has 0 aliphatic rings. The second-order valence-electron chi connectivity index (χ2n) is 5.56. The molecule has 6 heteroatoms. The molecule has 0 unspecified atom stereocenters. The lowest BCUT2D eigenvalue weighted by Gasteiger charge is -2.14. The van der Waals surface area contributed by atoms with Crippen molar-refractivity contribution in [2.75, 3.05) is 0 Å². The molecule has 0 fully saturated rings. The van der Waals surface area contributed by atoms with E-state index in [0.717, 1.165) is 11.5 Å². The Morgan fingerprint density at radius 3 is 2.75 bits per heavy atom. The van der Waals surface area contributed by atoms with Crippen LogP contribution < -0.4 is 5.43 Å². The SMILES string of the molecule is Cc1ccc(C=NNC(=O)c2cc(C(C)(C)C)[nH]n2)o1. The maximum atomic E-state index is 11.8. The number of H-pyrrole nitrogens is 1. The highest BCUT2D eigenvalue weighted by Crippen LogP contribution is 2.20. The number of hydrogen-bond acceptors (Lipinski definition) is 4. The lowest BCUT2D eigenvalue weighted by molar-refractivity contribution is 0.0950. The van der Waals surface area contributed by atoms with Gasteiger partial charge in [0.15, 0.2) is 5.69 Å². The highest BCUT2D eigenvalue weighted by Gasteiger charge is 2.19. The van der Waals surface area contributed by atoms with Crippen LogP contribution in [0.25, 0.3) is 0 Å². The lowest BCUT2D eigenvalue weighted by Crippen LogP contribution is -2.18. The predicted molar refractivity (Wildman–Crippen MR) is 75.8 cm³/mol. The predicted octanol–water partition coefficient (Wildman–Crippen LogP) is 2.37. The van der Waals surface area contributed by atoms with Crippen molar-refractivity contribution in [3.05, 3.63) is 41.1 Å². The Labute approximate surface area is 117 Å². The molecule has 2 aromatic heterocycles. The smallest absolute Gasteiger partial charge is 0.291 e. The monoisotopic (exact) mass is 274 g/mol. The number of hydrazone groups is 1. The van der Waals surface area contributed by atoms with Crippen LogP contribution in [0.15, 0.2) is 27.7 Å². The largest absolute Gasteiger partial charge is 0.460 e. The molecule has 6 nitrogen and oxygen atoms in total. The van der Waals surface area contributed by atoms with Crippen molar-refractivity contribution >= 4 is 12.1 Å². The van der Waals surface area contributed by atoms with Crippen molar-refractivity contribution in [1.29, 1.82) is 0 Å². The van der Waals surface area contributed by atoms with Gasteiger partial charge in [-0.3, -0.25) is 9.89 Å². The fourth-order valence-electron chi connectivity index (χ4n) is 1.56. The first-order valence-corrected chi connectivity index (χ1v) is 6.32. The molecule has 0 saturated heterocycles.